The average Bonchev–Trinajstić information content (AvgIpc) is 2.45. The van der Waals surface area contributed by atoms with Crippen molar-refractivity contribution < 1.29 is 27.8 Å². The molecular weight excluding hydrogens is 289 g/mol. The van der Waals surface area contributed by atoms with Crippen LogP contribution in [0.5, 0.6) is 0 Å². The van der Waals surface area contributed by atoms with Gasteiger partial charge in [0.05, 0.1) is 30.3 Å². The number of hydrogen-bond donors (Lipinski definition) is 1. The number of hydrogen-bond acceptors (Lipinski definition) is 4. The van der Waals surface area contributed by atoms with Crippen LogP contribution in [-0.2, 0) is 15.7 Å². The number of benzene rings is 1. The highest BCUT2D eigenvalue weighted by atomic mass is 19.4. The summed E-state index contributed by atoms with van der Waals surface area (Å²) in [6.45, 7) is 0.519. The lowest BCUT2D eigenvalue weighted by Crippen LogP contribution is -2.46. The third-order valence-electron chi connectivity index (χ3n) is 3.14. The Morgan fingerprint density at radius 3 is 2.76 bits per heavy atom. The van der Waals surface area contributed by atoms with Gasteiger partial charge in [0.2, 0.25) is 0 Å². The number of morpholine rings is 1. The second kappa shape index (κ2) is 5.61. The van der Waals surface area contributed by atoms with Crippen molar-refractivity contribution in [1.82, 2.24) is 0 Å². The molecule has 5 nitrogen and oxygen atoms in total. The number of halogens is 3. The Morgan fingerprint density at radius 2 is 2.19 bits per heavy atom. The van der Waals surface area contributed by atoms with Gasteiger partial charge >= 0.3 is 12.1 Å². The number of alkyl halides is 3. The Kier molecular flexibility index (Phi) is 4.04. The van der Waals surface area contributed by atoms with Gasteiger partial charge in [-0.05, 0) is 18.2 Å². The molecule has 1 atom stereocenters. The molecule has 1 fully saturated rings. The first-order valence-corrected chi connectivity index (χ1v) is 6.03. The maximum absolute atomic E-state index is 12.7. The van der Waals surface area contributed by atoms with E-state index in [1.54, 1.807) is 4.90 Å². The fourth-order valence-corrected chi connectivity index (χ4v) is 2.10. The summed E-state index contributed by atoms with van der Waals surface area (Å²) in [6.07, 6.45) is -5.63. The van der Waals surface area contributed by atoms with Crippen molar-refractivity contribution in [3.8, 4) is 6.07 Å². The molecule has 1 aromatic rings. The Labute approximate surface area is 118 Å². The first-order chi connectivity index (χ1) is 9.82. The third-order valence-corrected chi connectivity index (χ3v) is 3.14. The quantitative estimate of drug-likeness (QED) is 0.902. The summed E-state index contributed by atoms with van der Waals surface area (Å²) in [5, 5.41) is 17.8. The maximum Gasteiger partial charge on any atom is 0.417 e. The summed E-state index contributed by atoms with van der Waals surface area (Å²) in [7, 11) is 0. The molecule has 0 saturated carbocycles. The number of aliphatic carboxylic acids is 1. The van der Waals surface area contributed by atoms with Crippen LogP contribution >= 0.6 is 0 Å². The van der Waals surface area contributed by atoms with Gasteiger partial charge in [-0.2, -0.15) is 18.4 Å². The molecule has 0 radical (unpaired) electrons. The van der Waals surface area contributed by atoms with Crippen LogP contribution in [0.1, 0.15) is 11.1 Å². The van der Waals surface area contributed by atoms with Gasteiger partial charge in [0.1, 0.15) is 0 Å². The van der Waals surface area contributed by atoms with Gasteiger partial charge < -0.3 is 14.7 Å². The fourth-order valence-electron chi connectivity index (χ4n) is 2.10. The summed E-state index contributed by atoms with van der Waals surface area (Å²) in [5.41, 5.74) is -1.12. The van der Waals surface area contributed by atoms with Crippen molar-refractivity contribution >= 4 is 11.7 Å². The second-order valence-corrected chi connectivity index (χ2v) is 4.48. The van der Waals surface area contributed by atoms with Crippen molar-refractivity contribution in [2.75, 3.05) is 24.6 Å². The van der Waals surface area contributed by atoms with E-state index in [-0.39, 0.29) is 13.2 Å². The van der Waals surface area contributed by atoms with Crippen molar-refractivity contribution in [3.05, 3.63) is 29.3 Å². The van der Waals surface area contributed by atoms with Crippen LogP contribution < -0.4 is 4.90 Å². The van der Waals surface area contributed by atoms with E-state index in [1.807, 2.05) is 0 Å². The molecule has 21 heavy (non-hydrogen) atoms. The molecule has 1 aliphatic heterocycles. The monoisotopic (exact) mass is 300 g/mol. The minimum atomic E-state index is -4.60. The molecule has 0 aliphatic carbocycles. The summed E-state index contributed by atoms with van der Waals surface area (Å²) in [6, 6.07) is 4.70. The number of carboxylic acid groups (broad SMARTS) is 1. The van der Waals surface area contributed by atoms with Gasteiger partial charge in [-0.25, -0.2) is 4.79 Å². The molecule has 1 unspecified atom stereocenters. The zero-order valence-corrected chi connectivity index (χ0v) is 10.7. The predicted octanol–water partition coefficient (Wildman–Crippen LogP) is 1.87. The van der Waals surface area contributed by atoms with E-state index in [2.05, 4.69) is 0 Å². The highest BCUT2D eigenvalue weighted by Gasteiger charge is 2.34. The number of nitriles is 1. The van der Waals surface area contributed by atoms with E-state index < -0.39 is 29.4 Å². The molecule has 8 heteroatoms. The minimum Gasteiger partial charge on any atom is -0.479 e. The van der Waals surface area contributed by atoms with Gasteiger partial charge in [0, 0.05) is 12.2 Å². The molecule has 0 bridgehead atoms. The number of carboxylic acids is 1. The largest absolute Gasteiger partial charge is 0.479 e. The first kappa shape index (κ1) is 15.1. The Bertz CT molecular complexity index is 595. The van der Waals surface area contributed by atoms with Crippen LogP contribution in [0.3, 0.4) is 0 Å². The first-order valence-electron chi connectivity index (χ1n) is 6.03. The SMILES string of the molecule is N#Cc1cc(N2CCOC(C(=O)O)C2)ccc1C(F)(F)F. The number of nitrogens with zero attached hydrogens (tertiary/aromatic N) is 2. The lowest BCUT2D eigenvalue weighted by molar-refractivity contribution is -0.150. The van der Waals surface area contributed by atoms with Gasteiger partial charge in [-0.15, -0.1) is 0 Å². The highest BCUT2D eigenvalue weighted by Crippen LogP contribution is 2.34. The Hall–Kier alpha value is -2.27. The van der Waals surface area contributed by atoms with Crippen LogP contribution in [0, 0.1) is 11.3 Å². The number of rotatable bonds is 2. The molecule has 112 valence electrons. The zero-order chi connectivity index (χ0) is 15.6. The van der Waals surface area contributed by atoms with E-state index in [9.17, 15) is 18.0 Å². The van der Waals surface area contributed by atoms with E-state index in [0.29, 0.717) is 12.2 Å². The lowest BCUT2D eigenvalue weighted by atomic mass is 10.1. The molecule has 0 amide bonds. The van der Waals surface area contributed by atoms with Gasteiger partial charge in [-0.1, -0.05) is 0 Å². The molecular formula is C13H11F3N2O3. The van der Waals surface area contributed by atoms with Gasteiger partial charge in [-0.3, -0.25) is 0 Å². The van der Waals surface area contributed by atoms with Crippen LogP contribution in [0.15, 0.2) is 18.2 Å². The number of anilines is 1. The van der Waals surface area contributed by atoms with Crippen molar-refractivity contribution in [1.29, 1.82) is 5.26 Å². The lowest BCUT2D eigenvalue weighted by Gasteiger charge is -2.32. The number of carbonyl (C=O) groups is 1. The predicted molar refractivity (Wildman–Crippen MR) is 65.7 cm³/mol. The normalized spacial score (nSPS) is 19.1. The molecule has 0 aromatic heterocycles. The standard InChI is InChI=1S/C13H11F3N2O3/c14-13(15,16)10-2-1-9(5-8(10)6-17)18-3-4-21-11(7-18)12(19)20/h1-2,5,11H,3-4,7H2,(H,19,20). The summed E-state index contributed by atoms with van der Waals surface area (Å²) in [4.78, 5) is 12.5. The molecule has 1 heterocycles. The summed E-state index contributed by atoms with van der Waals surface area (Å²) in [5.74, 6) is -1.13. The minimum absolute atomic E-state index is 0.0194. The van der Waals surface area contributed by atoms with Crippen LogP contribution in [0.25, 0.3) is 0 Å². The third kappa shape index (κ3) is 3.25. The van der Waals surface area contributed by atoms with E-state index in [4.69, 9.17) is 15.1 Å². The topological polar surface area (TPSA) is 73.6 Å². The Balaban J connectivity index is 2.29. The van der Waals surface area contributed by atoms with Crippen LogP contribution in [-0.4, -0.2) is 36.9 Å². The van der Waals surface area contributed by atoms with Gasteiger partial charge in [0.15, 0.2) is 6.10 Å². The second-order valence-electron chi connectivity index (χ2n) is 4.48. The smallest absolute Gasteiger partial charge is 0.417 e. The van der Waals surface area contributed by atoms with E-state index >= 15 is 0 Å². The molecule has 0 spiro atoms. The van der Waals surface area contributed by atoms with Crippen LogP contribution in [0.2, 0.25) is 0 Å². The molecule has 1 aromatic carbocycles. The number of ether oxygens (including phenoxy) is 1. The van der Waals surface area contributed by atoms with E-state index in [0.717, 1.165) is 12.1 Å². The van der Waals surface area contributed by atoms with Crippen molar-refractivity contribution in [2.45, 2.75) is 12.3 Å². The summed E-state index contributed by atoms with van der Waals surface area (Å²) >= 11 is 0. The maximum atomic E-state index is 12.7. The zero-order valence-electron chi connectivity index (χ0n) is 10.7. The van der Waals surface area contributed by atoms with Crippen LogP contribution in [0.4, 0.5) is 18.9 Å². The van der Waals surface area contributed by atoms with Crippen molar-refractivity contribution in [3.63, 3.8) is 0 Å². The van der Waals surface area contributed by atoms with E-state index in [1.165, 1.54) is 12.1 Å². The average molecular weight is 300 g/mol. The fraction of sp³-hybridized carbons (Fsp3) is 0.385. The highest BCUT2D eigenvalue weighted by molar-refractivity contribution is 5.73. The Morgan fingerprint density at radius 1 is 1.48 bits per heavy atom. The van der Waals surface area contributed by atoms with Gasteiger partial charge in [0.25, 0.3) is 0 Å². The van der Waals surface area contributed by atoms with Crippen molar-refractivity contribution in [2.24, 2.45) is 0 Å². The molecule has 2 rings (SSSR count). The molecule has 1 N–H and O–H groups in total. The molecule has 1 aliphatic rings. The summed E-state index contributed by atoms with van der Waals surface area (Å²) < 4.78 is 43.2. The molecule has 1 saturated heterocycles.